The zero-order valence-electron chi connectivity index (χ0n) is 17.2. The van der Waals surface area contributed by atoms with Crippen LogP contribution >= 0.6 is 46.6 Å². The van der Waals surface area contributed by atoms with Gasteiger partial charge in [0.05, 0.1) is 17.9 Å². The van der Waals surface area contributed by atoms with E-state index in [0.29, 0.717) is 22.1 Å². The molecule has 2 aromatic rings. The minimum absolute atomic E-state index is 0.0341. The van der Waals surface area contributed by atoms with Gasteiger partial charge in [-0.2, -0.15) is 8.75 Å². The number of anilines is 1. The monoisotopic (exact) mass is 539 g/mol. The molecule has 2 aliphatic heterocycles. The van der Waals surface area contributed by atoms with Crippen LogP contribution in [0.25, 0.3) is 0 Å². The second kappa shape index (κ2) is 9.52. The van der Waals surface area contributed by atoms with Crippen molar-refractivity contribution < 1.29 is 24.3 Å². The van der Waals surface area contributed by atoms with Gasteiger partial charge in [0.15, 0.2) is 10.8 Å². The molecule has 2 atom stereocenters. The SMILES string of the molecule is Nc1nc(C(=NOC2CC2)C(=O)N[C@@H]2C(=O)N3C(C(=O)O)=C(CSc4cnsn4)CS[C@@H]23)cs1. The van der Waals surface area contributed by atoms with E-state index in [2.05, 4.69) is 24.2 Å². The topological polar surface area (TPSA) is 173 Å². The molecule has 16 heteroatoms. The number of aromatic nitrogens is 3. The normalized spacial score (nSPS) is 22.3. The predicted molar refractivity (Wildman–Crippen MR) is 127 cm³/mol. The molecule has 4 N–H and O–H groups in total. The summed E-state index contributed by atoms with van der Waals surface area (Å²) in [5.41, 5.74) is 6.44. The highest BCUT2D eigenvalue weighted by atomic mass is 32.2. The van der Waals surface area contributed by atoms with Crippen molar-refractivity contribution >= 4 is 75.2 Å². The molecule has 0 bridgehead atoms. The van der Waals surface area contributed by atoms with Gasteiger partial charge in [0.2, 0.25) is 0 Å². The molecule has 0 unspecified atom stereocenters. The number of fused-ring (bicyclic) bond motifs is 1. The number of aliphatic carboxylic acids is 1. The molecular formula is C18H17N7O5S4. The molecule has 2 amide bonds. The zero-order chi connectivity index (χ0) is 23.8. The predicted octanol–water partition coefficient (Wildman–Crippen LogP) is 0.991. The third-order valence-electron chi connectivity index (χ3n) is 5.07. The molecule has 2 fully saturated rings. The van der Waals surface area contributed by atoms with Crippen LogP contribution in [0.4, 0.5) is 5.13 Å². The Morgan fingerprint density at radius 3 is 2.88 bits per heavy atom. The molecule has 1 aliphatic carbocycles. The summed E-state index contributed by atoms with van der Waals surface area (Å²) in [4.78, 5) is 48.6. The Kier molecular flexibility index (Phi) is 6.46. The van der Waals surface area contributed by atoms with E-state index < -0.39 is 29.2 Å². The second-order valence-electron chi connectivity index (χ2n) is 7.47. The third-order valence-corrected chi connectivity index (χ3v) is 8.66. The number of β-lactam (4-membered cyclic amide) rings is 1. The van der Waals surface area contributed by atoms with Gasteiger partial charge in [0.1, 0.15) is 33.9 Å². The molecule has 3 aliphatic rings. The number of thioether (sulfide) groups is 2. The van der Waals surface area contributed by atoms with Crippen LogP contribution in [0.1, 0.15) is 18.5 Å². The molecule has 0 aromatic carbocycles. The van der Waals surface area contributed by atoms with Crippen LogP contribution in [0.3, 0.4) is 0 Å². The molecule has 5 rings (SSSR count). The van der Waals surface area contributed by atoms with Crippen LogP contribution in [-0.4, -0.2) is 76.3 Å². The molecule has 2 aromatic heterocycles. The minimum atomic E-state index is -1.19. The lowest BCUT2D eigenvalue weighted by Gasteiger charge is -2.49. The number of nitrogens with zero attached hydrogens (tertiary/aromatic N) is 5. The summed E-state index contributed by atoms with van der Waals surface area (Å²) < 4.78 is 8.04. The Bertz CT molecular complexity index is 1190. The van der Waals surface area contributed by atoms with Crippen molar-refractivity contribution in [2.24, 2.45) is 5.16 Å². The quantitative estimate of drug-likeness (QED) is 0.179. The fourth-order valence-electron chi connectivity index (χ4n) is 3.29. The highest BCUT2D eigenvalue weighted by Gasteiger charge is 2.54. The van der Waals surface area contributed by atoms with Crippen molar-refractivity contribution in [3.8, 4) is 0 Å². The standard InChI is InChI=1S/C18H17N7O5S4/c19-18-21-9(6-33-18)11(23-30-8-1-2-8)14(26)22-12-15(27)25-13(17(28)29)7(5-32-16(12)25)4-31-10-3-20-34-24-10/h3,6,8,12,16H,1-2,4-5H2,(H2,19,21)(H,22,26)(H,28,29)/t12-,16+/m1/s1. The number of carboxylic acids is 1. The fourth-order valence-corrected chi connectivity index (χ4v) is 6.70. The van der Waals surface area contributed by atoms with E-state index in [9.17, 15) is 19.5 Å². The zero-order valence-corrected chi connectivity index (χ0v) is 20.5. The Labute approximate surface area is 209 Å². The fraction of sp³-hybridized carbons (Fsp3) is 0.389. The summed E-state index contributed by atoms with van der Waals surface area (Å²) in [7, 11) is 0. The first-order valence-electron chi connectivity index (χ1n) is 9.98. The lowest BCUT2D eigenvalue weighted by atomic mass is 10.0. The van der Waals surface area contributed by atoms with Gasteiger partial charge in [-0.05, 0) is 18.4 Å². The van der Waals surface area contributed by atoms with Crippen LogP contribution in [0.5, 0.6) is 0 Å². The van der Waals surface area contributed by atoms with Crippen molar-refractivity contribution in [1.29, 1.82) is 0 Å². The summed E-state index contributed by atoms with van der Waals surface area (Å²) >= 11 is 4.97. The molecule has 178 valence electrons. The average molecular weight is 540 g/mol. The smallest absolute Gasteiger partial charge is 0.352 e. The number of carbonyl (C=O) groups excluding carboxylic acids is 2. The van der Waals surface area contributed by atoms with E-state index in [4.69, 9.17) is 10.6 Å². The number of nitrogens with two attached hydrogens (primary N) is 1. The Morgan fingerprint density at radius 1 is 1.41 bits per heavy atom. The van der Waals surface area contributed by atoms with Gasteiger partial charge in [0.25, 0.3) is 11.8 Å². The van der Waals surface area contributed by atoms with Crippen LogP contribution in [0.15, 0.2) is 33.0 Å². The Balaban J connectivity index is 1.31. The maximum atomic E-state index is 13.0. The second-order valence-corrected chi connectivity index (χ2v) is 11.0. The van der Waals surface area contributed by atoms with Gasteiger partial charge in [-0.25, -0.2) is 9.78 Å². The largest absolute Gasteiger partial charge is 0.477 e. The first-order chi connectivity index (χ1) is 16.4. The van der Waals surface area contributed by atoms with Gasteiger partial charge in [-0.1, -0.05) is 16.9 Å². The van der Waals surface area contributed by atoms with Crippen LogP contribution in [-0.2, 0) is 19.2 Å². The van der Waals surface area contributed by atoms with Crippen LogP contribution in [0.2, 0.25) is 0 Å². The summed E-state index contributed by atoms with van der Waals surface area (Å²) in [5, 5.41) is 18.4. The number of rotatable bonds is 9. The number of nitrogen functional groups attached to an aromatic ring is 1. The summed E-state index contributed by atoms with van der Waals surface area (Å²) in [6.45, 7) is 0. The number of hydrogen-bond donors (Lipinski definition) is 3. The average Bonchev–Trinajstić information content (AvgIpc) is 3.30. The number of hydrogen-bond acceptors (Lipinski definition) is 13. The molecule has 34 heavy (non-hydrogen) atoms. The first-order valence-corrected chi connectivity index (χ1v) is 13.6. The maximum absolute atomic E-state index is 13.0. The molecule has 4 heterocycles. The maximum Gasteiger partial charge on any atom is 0.352 e. The third kappa shape index (κ3) is 4.62. The van der Waals surface area contributed by atoms with Gasteiger partial charge in [-0.3, -0.25) is 14.5 Å². The minimum Gasteiger partial charge on any atom is -0.477 e. The van der Waals surface area contributed by atoms with E-state index in [1.807, 2.05) is 0 Å². The molecule has 1 saturated heterocycles. The number of amides is 2. The van der Waals surface area contributed by atoms with Crippen molar-refractivity contribution in [1.82, 2.24) is 23.9 Å². The van der Waals surface area contributed by atoms with Crippen molar-refractivity contribution in [3.05, 3.63) is 28.5 Å². The van der Waals surface area contributed by atoms with Crippen molar-refractivity contribution in [2.75, 3.05) is 17.2 Å². The summed E-state index contributed by atoms with van der Waals surface area (Å²) in [6, 6.07) is -0.897. The molecule has 0 spiro atoms. The molecular weight excluding hydrogens is 523 g/mol. The molecule has 12 nitrogen and oxygen atoms in total. The van der Waals surface area contributed by atoms with Crippen molar-refractivity contribution in [2.45, 2.75) is 35.4 Å². The highest BCUT2D eigenvalue weighted by molar-refractivity contribution is 8.01. The van der Waals surface area contributed by atoms with E-state index in [1.54, 1.807) is 11.6 Å². The number of thiazole rings is 1. The lowest BCUT2D eigenvalue weighted by molar-refractivity contribution is -0.150. The first kappa shape index (κ1) is 23.1. The highest BCUT2D eigenvalue weighted by Crippen LogP contribution is 2.41. The number of oxime groups is 1. The lowest BCUT2D eigenvalue weighted by Crippen LogP contribution is -2.71. The van der Waals surface area contributed by atoms with Crippen LogP contribution in [0, 0.1) is 0 Å². The number of nitrogens with one attached hydrogen (secondary N) is 1. The van der Waals surface area contributed by atoms with E-state index in [0.717, 1.165) is 35.9 Å². The van der Waals surface area contributed by atoms with Crippen molar-refractivity contribution in [3.63, 3.8) is 0 Å². The van der Waals surface area contributed by atoms with Gasteiger partial charge < -0.3 is 21.0 Å². The Hall–Kier alpha value is -2.69. The van der Waals surface area contributed by atoms with E-state index >= 15 is 0 Å². The van der Waals surface area contributed by atoms with Gasteiger partial charge in [0, 0.05) is 16.9 Å². The van der Waals surface area contributed by atoms with E-state index in [1.165, 1.54) is 28.4 Å². The Morgan fingerprint density at radius 2 is 2.24 bits per heavy atom. The van der Waals surface area contributed by atoms with E-state index in [-0.39, 0.29) is 28.3 Å². The number of carboxylic acid groups (broad SMARTS) is 1. The molecule has 1 saturated carbocycles. The summed E-state index contributed by atoms with van der Waals surface area (Å²) in [5.74, 6) is -1.55. The van der Waals surface area contributed by atoms with Gasteiger partial charge in [-0.15, -0.1) is 23.1 Å². The molecule has 0 radical (unpaired) electrons. The number of carbonyl (C=O) groups is 3. The van der Waals surface area contributed by atoms with Crippen LogP contribution < -0.4 is 11.1 Å². The van der Waals surface area contributed by atoms with Gasteiger partial charge >= 0.3 is 5.97 Å². The summed E-state index contributed by atoms with van der Waals surface area (Å²) in [6.07, 6.45) is 3.29.